The van der Waals surface area contributed by atoms with Crippen molar-refractivity contribution in [3.8, 4) is 34.1 Å². The Kier molecular flexibility index (Phi) is 5.53. The monoisotopic (exact) mass is 479 g/mol. The molecule has 0 aliphatic carbocycles. The molecule has 0 saturated carbocycles. The number of ether oxygens (including phenoxy) is 1. The van der Waals surface area contributed by atoms with Crippen molar-refractivity contribution in [1.29, 1.82) is 0 Å². The maximum Gasteiger partial charge on any atom is 0.165 e. The van der Waals surface area contributed by atoms with Crippen molar-refractivity contribution in [3.05, 3.63) is 89.1 Å². The highest BCUT2D eigenvalue weighted by molar-refractivity contribution is 6.30. The van der Waals surface area contributed by atoms with Gasteiger partial charge < -0.3 is 13.9 Å². The van der Waals surface area contributed by atoms with Crippen LogP contribution in [0.25, 0.3) is 28.3 Å². The second-order valence-corrected chi connectivity index (χ2v) is 8.45. The van der Waals surface area contributed by atoms with Crippen LogP contribution < -0.4 is 4.74 Å². The van der Waals surface area contributed by atoms with Gasteiger partial charge in [0.25, 0.3) is 0 Å². The molecule has 3 aromatic rings. The van der Waals surface area contributed by atoms with E-state index < -0.39 is 11.6 Å². The number of fused-ring (bicyclic) bond motifs is 1. The maximum absolute atomic E-state index is 13.8. The van der Waals surface area contributed by atoms with Gasteiger partial charge in [-0.3, -0.25) is 0 Å². The van der Waals surface area contributed by atoms with E-state index in [-0.39, 0.29) is 6.04 Å². The first kappa shape index (κ1) is 22.0. The fraction of sp³-hybridized carbons (Fsp3) is 0.160. The third kappa shape index (κ3) is 3.80. The second-order valence-electron chi connectivity index (χ2n) is 8.01. The van der Waals surface area contributed by atoms with Crippen molar-refractivity contribution in [2.75, 3.05) is 7.11 Å². The van der Waals surface area contributed by atoms with Gasteiger partial charge in [0.1, 0.15) is 11.4 Å². The Bertz CT molecular complexity index is 1480. The number of hydrogen-bond donors (Lipinski definition) is 0. The number of aryl methyl sites for hydroxylation is 1. The summed E-state index contributed by atoms with van der Waals surface area (Å²) in [7, 11) is 1.61. The highest BCUT2D eigenvalue weighted by Crippen LogP contribution is 2.38. The number of pyridine rings is 1. The fourth-order valence-electron chi connectivity index (χ4n) is 4.04. The average Bonchev–Trinajstić information content (AvgIpc) is 3.45. The largest absolute Gasteiger partial charge is 0.495 e. The van der Waals surface area contributed by atoms with Crippen LogP contribution in [0.3, 0.4) is 0 Å². The predicted octanol–water partition coefficient (Wildman–Crippen LogP) is 6.09. The zero-order valence-electron chi connectivity index (χ0n) is 18.6. The number of benzene rings is 2. The Morgan fingerprint density at radius 3 is 2.53 bits per heavy atom. The molecule has 34 heavy (non-hydrogen) atoms. The molecule has 0 bridgehead atoms. The number of hydrogen-bond acceptors (Lipinski definition) is 4. The Hall–Kier alpha value is -3.78. The lowest BCUT2D eigenvalue weighted by atomic mass is 10.0. The summed E-state index contributed by atoms with van der Waals surface area (Å²) in [5.41, 5.74) is 4.49. The molecule has 1 aromatic heterocycles. The topological polar surface area (TPSA) is 57.8 Å². The Labute approximate surface area is 199 Å². The number of nitrogens with zero attached hydrogens (tertiary/aromatic N) is 5. The molecule has 0 saturated heterocycles. The molecular formula is C25H20ClF2N5O. The fourth-order valence-corrected chi connectivity index (χ4v) is 4.25. The molecule has 0 fully saturated rings. The first-order chi connectivity index (χ1) is 16.4. The van der Waals surface area contributed by atoms with Gasteiger partial charge in [-0.2, -0.15) is 0 Å². The molecular weight excluding hydrogens is 460 g/mol. The molecule has 1 unspecified atom stereocenters. The van der Waals surface area contributed by atoms with Crippen LogP contribution in [0.15, 0.2) is 61.2 Å². The minimum absolute atomic E-state index is 0.359. The lowest BCUT2D eigenvalue weighted by molar-refractivity contribution is 0.413. The van der Waals surface area contributed by atoms with Crippen LogP contribution >= 0.6 is 11.6 Å². The molecule has 3 heterocycles. The Morgan fingerprint density at radius 2 is 1.82 bits per heavy atom. The molecule has 2 aliphatic rings. The van der Waals surface area contributed by atoms with Crippen LogP contribution in [0.2, 0.25) is 5.02 Å². The van der Waals surface area contributed by atoms with Crippen molar-refractivity contribution in [1.82, 2.24) is 24.3 Å². The molecule has 2 aliphatic heterocycles. The quantitative estimate of drug-likeness (QED) is 0.306. The predicted molar refractivity (Wildman–Crippen MR) is 126 cm³/mol. The molecule has 0 amide bonds. The van der Waals surface area contributed by atoms with Gasteiger partial charge >= 0.3 is 0 Å². The van der Waals surface area contributed by atoms with Gasteiger partial charge in [-0.1, -0.05) is 23.7 Å². The van der Waals surface area contributed by atoms with E-state index in [0.717, 1.165) is 28.6 Å². The first-order valence-corrected chi connectivity index (χ1v) is 10.9. The molecule has 9 heteroatoms. The lowest BCUT2D eigenvalue weighted by Crippen LogP contribution is -2.11. The molecule has 0 spiro atoms. The third-order valence-corrected chi connectivity index (χ3v) is 6.02. The van der Waals surface area contributed by atoms with E-state index in [1.54, 1.807) is 36.3 Å². The Balaban J connectivity index is 1.57. The highest BCUT2D eigenvalue weighted by atomic mass is 35.5. The van der Waals surface area contributed by atoms with Crippen molar-refractivity contribution in [2.45, 2.75) is 19.9 Å². The van der Waals surface area contributed by atoms with Crippen LogP contribution in [-0.4, -0.2) is 31.4 Å². The van der Waals surface area contributed by atoms with E-state index in [1.165, 1.54) is 6.07 Å². The van der Waals surface area contributed by atoms with Gasteiger partial charge in [-0.05, 0) is 49.7 Å². The summed E-state index contributed by atoms with van der Waals surface area (Å²) in [6, 6.07) is 11.0. The zero-order chi connectivity index (χ0) is 24.0. The van der Waals surface area contributed by atoms with Crippen molar-refractivity contribution < 1.29 is 13.5 Å². The minimum Gasteiger partial charge on any atom is -0.495 e. The SMILES string of the molecule is COc1cc(-c2nnc3n(C(C)c4ccc(F)c(F)c4)cc(Cl)cc2-3)ccc1-n1cnc(C)c1. The van der Waals surface area contributed by atoms with Crippen LogP contribution in [0.1, 0.15) is 24.2 Å². The summed E-state index contributed by atoms with van der Waals surface area (Å²) < 4.78 is 36.6. The van der Waals surface area contributed by atoms with Crippen molar-refractivity contribution >= 4 is 11.6 Å². The number of imidazole rings is 1. The van der Waals surface area contributed by atoms with E-state index in [9.17, 15) is 8.78 Å². The lowest BCUT2D eigenvalue weighted by Gasteiger charge is -2.20. The average molecular weight is 480 g/mol. The first-order valence-electron chi connectivity index (χ1n) is 10.5. The Morgan fingerprint density at radius 1 is 1.00 bits per heavy atom. The summed E-state index contributed by atoms with van der Waals surface area (Å²) in [6.45, 7) is 3.78. The van der Waals surface area contributed by atoms with Gasteiger partial charge in [-0.15, -0.1) is 10.2 Å². The number of rotatable bonds is 5. The summed E-state index contributed by atoms with van der Waals surface area (Å²) in [6.07, 6.45) is 5.35. The van der Waals surface area contributed by atoms with Crippen LogP contribution in [-0.2, 0) is 0 Å². The van der Waals surface area contributed by atoms with E-state index >= 15 is 0 Å². The van der Waals surface area contributed by atoms with Gasteiger partial charge in [0.15, 0.2) is 17.5 Å². The molecule has 1 atom stereocenters. The standard InChI is InChI=1S/C25H20ClF2N5O/c1-14-11-32(13-29-14)22-7-5-17(9-23(22)34-3)24-19-10-18(26)12-33(25(19)31-30-24)15(2)16-4-6-20(27)21(28)8-16/h4-13,15H,1-3H3. The number of aromatic nitrogens is 5. The summed E-state index contributed by atoms with van der Waals surface area (Å²) in [5, 5.41) is 9.28. The van der Waals surface area contributed by atoms with Gasteiger partial charge in [-0.25, -0.2) is 13.8 Å². The maximum atomic E-state index is 13.8. The van der Waals surface area contributed by atoms with Crippen LogP contribution in [0, 0.1) is 18.6 Å². The second kappa shape index (κ2) is 8.53. The van der Waals surface area contributed by atoms with Crippen LogP contribution in [0.5, 0.6) is 5.75 Å². The van der Waals surface area contributed by atoms with Gasteiger partial charge in [0, 0.05) is 23.5 Å². The van der Waals surface area contributed by atoms with E-state index in [1.807, 2.05) is 42.8 Å². The van der Waals surface area contributed by atoms with Gasteiger partial charge in [0.2, 0.25) is 0 Å². The minimum atomic E-state index is -0.905. The smallest absolute Gasteiger partial charge is 0.165 e. The van der Waals surface area contributed by atoms with Crippen LogP contribution in [0.4, 0.5) is 8.78 Å². The van der Waals surface area contributed by atoms with Gasteiger partial charge in [0.05, 0.1) is 35.9 Å². The van der Waals surface area contributed by atoms with E-state index in [0.29, 0.717) is 27.9 Å². The number of methoxy groups -OCH3 is 1. The normalized spacial score (nSPS) is 12.3. The molecule has 2 aromatic carbocycles. The third-order valence-electron chi connectivity index (χ3n) is 5.82. The summed E-state index contributed by atoms with van der Waals surface area (Å²) in [4.78, 5) is 4.28. The highest BCUT2D eigenvalue weighted by Gasteiger charge is 2.23. The molecule has 172 valence electrons. The van der Waals surface area contributed by atoms with Crippen molar-refractivity contribution in [3.63, 3.8) is 0 Å². The molecule has 0 N–H and O–H groups in total. The summed E-state index contributed by atoms with van der Waals surface area (Å²) in [5.74, 6) is -0.574. The molecule has 6 nitrogen and oxygen atoms in total. The molecule has 5 rings (SSSR count). The van der Waals surface area contributed by atoms with Crippen molar-refractivity contribution in [2.24, 2.45) is 0 Å². The van der Waals surface area contributed by atoms with E-state index in [4.69, 9.17) is 16.3 Å². The number of halogens is 3. The summed E-state index contributed by atoms with van der Waals surface area (Å²) >= 11 is 6.45. The molecule has 0 radical (unpaired) electrons. The van der Waals surface area contributed by atoms with E-state index in [2.05, 4.69) is 15.2 Å². The zero-order valence-corrected chi connectivity index (χ0v) is 19.4.